The third kappa shape index (κ3) is 3.09. The lowest BCUT2D eigenvalue weighted by molar-refractivity contribution is 0.0921. The van der Waals surface area contributed by atoms with Gasteiger partial charge in [-0.15, -0.1) is 0 Å². The number of hydrogen-bond donors (Lipinski definition) is 1. The topological polar surface area (TPSA) is 73.0 Å². The predicted octanol–water partition coefficient (Wildman–Crippen LogP) is 2.77. The summed E-state index contributed by atoms with van der Waals surface area (Å²) < 4.78 is 7.47. The number of nitrogens with one attached hydrogen (secondary N) is 1. The summed E-state index contributed by atoms with van der Waals surface area (Å²) in [6.07, 6.45) is 1.73. The van der Waals surface area contributed by atoms with Crippen molar-refractivity contribution in [3.8, 4) is 11.4 Å². The molecular formula is C15H13BrN4O2. The molecule has 1 N–H and O–H groups in total. The fourth-order valence-electron chi connectivity index (χ4n) is 2.06. The zero-order valence-corrected chi connectivity index (χ0v) is 13.4. The molecule has 0 bridgehead atoms. The zero-order chi connectivity index (χ0) is 15.5. The Bertz CT molecular complexity index is 795. The van der Waals surface area contributed by atoms with Crippen LogP contribution in [0.4, 0.5) is 0 Å². The molecule has 3 heterocycles. The van der Waals surface area contributed by atoms with Crippen molar-refractivity contribution >= 4 is 21.8 Å². The summed E-state index contributed by atoms with van der Waals surface area (Å²) >= 11 is 3.17. The molecule has 0 radical (unpaired) electrons. The smallest absolute Gasteiger partial charge is 0.287 e. The van der Waals surface area contributed by atoms with Gasteiger partial charge in [0.15, 0.2) is 10.4 Å². The standard InChI is InChI=1S/C15H13BrN4O2/c1-20-12(11-4-2-3-7-17-11)8-10(19-20)9-18-15(21)13-5-6-14(16)22-13/h2-8H,9H2,1H3,(H,18,21). The highest BCUT2D eigenvalue weighted by atomic mass is 79.9. The molecule has 6 nitrogen and oxygen atoms in total. The average Bonchev–Trinajstić information content (AvgIpc) is 3.12. The Hall–Kier alpha value is -2.41. The van der Waals surface area contributed by atoms with E-state index in [4.69, 9.17) is 4.42 Å². The van der Waals surface area contributed by atoms with Crippen LogP contribution in [0.5, 0.6) is 0 Å². The van der Waals surface area contributed by atoms with E-state index in [0.717, 1.165) is 17.1 Å². The molecule has 0 aliphatic heterocycles. The summed E-state index contributed by atoms with van der Waals surface area (Å²) in [5, 5.41) is 7.15. The molecule has 0 spiro atoms. The first kappa shape index (κ1) is 14.5. The molecule has 0 aliphatic carbocycles. The van der Waals surface area contributed by atoms with E-state index in [9.17, 15) is 4.79 Å². The molecule has 1 amide bonds. The van der Waals surface area contributed by atoms with Crippen molar-refractivity contribution in [2.75, 3.05) is 0 Å². The molecule has 0 aromatic carbocycles. The quantitative estimate of drug-likeness (QED) is 0.776. The number of amides is 1. The highest BCUT2D eigenvalue weighted by molar-refractivity contribution is 9.10. The molecule has 0 unspecified atom stereocenters. The molecule has 3 aromatic rings. The van der Waals surface area contributed by atoms with E-state index in [1.54, 1.807) is 23.0 Å². The highest BCUT2D eigenvalue weighted by Crippen LogP contribution is 2.17. The largest absolute Gasteiger partial charge is 0.444 e. The maximum absolute atomic E-state index is 11.9. The second kappa shape index (κ2) is 6.15. The zero-order valence-electron chi connectivity index (χ0n) is 11.8. The van der Waals surface area contributed by atoms with Gasteiger partial charge in [0.25, 0.3) is 5.91 Å². The van der Waals surface area contributed by atoms with Crippen LogP contribution in [0.3, 0.4) is 0 Å². The second-order valence-electron chi connectivity index (χ2n) is 4.65. The SMILES string of the molecule is Cn1nc(CNC(=O)c2ccc(Br)o2)cc1-c1ccccn1. The van der Waals surface area contributed by atoms with E-state index < -0.39 is 0 Å². The Balaban J connectivity index is 1.70. The van der Waals surface area contributed by atoms with Crippen LogP contribution in [-0.4, -0.2) is 20.7 Å². The fraction of sp³-hybridized carbons (Fsp3) is 0.133. The molecule has 0 saturated carbocycles. The number of nitrogens with zero attached hydrogens (tertiary/aromatic N) is 3. The molecule has 3 rings (SSSR count). The number of carbonyl (C=O) groups is 1. The summed E-state index contributed by atoms with van der Waals surface area (Å²) in [6.45, 7) is 0.317. The highest BCUT2D eigenvalue weighted by Gasteiger charge is 2.12. The van der Waals surface area contributed by atoms with Gasteiger partial charge in [-0.1, -0.05) is 6.07 Å². The van der Waals surface area contributed by atoms with Crippen LogP contribution >= 0.6 is 15.9 Å². The Morgan fingerprint density at radius 2 is 2.23 bits per heavy atom. The van der Waals surface area contributed by atoms with Crippen LogP contribution in [0.25, 0.3) is 11.4 Å². The van der Waals surface area contributed by atoms with Gasteiger partial charge in [0, 0.05) is 13.2 Å². The average molecular weight is 361 g/mol. The Morgan fingerprint density at radius 1 is 1.36 bits per heavy atom. The van der Waals surface area contributed by atoms with E-state index in [2.05, 4.69) is 31.3 Å². The lowest BCUT2D eigenvalue weighted by Crippen LogP contribution is -2.22. The molecule has 0 saturated heterocycles. The van der Waals surface area contributed by atoms with Crippen molar-refractivity contribution in [2.24, 2.45) is 7.05 Å². The molecule has 0 aliphatic rings. The number of carbonyl (C=O) groups excluding carboxylic acids is 1. The van der Waals surface area contributed by atoms with Gasteiger partial charge in [0.05, 0.1) is 23.6 Å². The van der Waals surface area contributed by atoms with Crippen LogP contribution in [0.1, 0.15) is 16.2 Å². The maximum atomic E-state index is 11.9. The molecule has 3 aromatic heterocycles. The maximum Gasteiger partial charge on any atom is 0.287 e. The van der Waals surface area contributed by atoms with Crippen molar-refractivity contribution in [2.45, 2.75) is 6.54 Å². The Morgan fingerprint density at radius 3 is 2.91 bits per heavy atom. The van der Waals surface area contributed by atoms with E-state index in [1.807, 2.05) is 31.3 Å². The predicted molar refractivity (Wildman–Crippen MR) is 84.0 cm³/mol. The van der Waals surface area contributed by atoms with E-state index in [1.165, 1.54) is 0 Å². The van der Waals surface area contributed by atoms with Crippen LogP contribution in [0.2, 0.25) is 0 Å². The first-order valence-corrected chi connectivity index (χ1v) is 7.40. The van der Waals surface area contributed by atoms with Crippen LogP contribution in [0.15, 0.2) is 51.7 Å². The summed E-state index contributed by atoms with van der Waals surface area (Å²) in [6, 6.07) is 10.9. The number of halogens is 1. The van der Waals surface area contributed by atoms with Gasteiger partial charge in [0.2, 0.25) is 0 Å². The first-order valence-electron chi connectivity index (χ1n) is 6.61. The van der Waals surface area contributed by atoms with Crippen LogP contribution in [-0.2, 0) is 13.6 Å². The number of pyridine rings is 1. The van der Waals surface area contributed by atoms with Crippen LogP contribution < -0.4 is 5.32 Å². The van der Waals surface area contributed by atoms with Gasteiger partial charge in [-0.05, 0) is 46.3 Å². The number of rotatable bonds is 4. The summed E-state index contributed by atoms with van der Waals surface area (Å²) in [7, 11) is 1.85. The number of aryl methyl sites for hydroxylation is 1. The van der Waals surface area contributed by atoms with E-state index in [0.29, 0.717) is 11.2 Å². The molecule has 0 atom stereocenters. The lowest BCUT2D eigenvalue weighted by Gasteiger charge is -1.99. The summed E-state index contributed by atoms with van der Waals surface area (Å²) in [5.74, 6) is -0.0245. The first-order chi connectivity index (χ1) is 10.6. The fourth-order valence-corrected chi connectivity index (χ4v) is 2.37. The minimum atomic E-state index is -0.282. The van der Waals surface area contributed by atoms with Crippen molar-refractivity contribution in [1.29, 1.82) is 0 Å². The van der Waals surface area contributed by atoms with Gasteiger partial charge < -0.3 is 9.73 Å². The lowest BCUT2D eigenvalue weighted by atomic mass is 10.2. The molecular weight excluding hydrogens is 348 g/mol. The van der Waals surface area contributed by atoms with Crippen LogP contribution in [0, 0.1) is 0 Å². The third-order valence-corrected chi connectivity index (χ3v) is 3.51. The molecule has 7 heteroatoms. The van der Waals surface area contributed by atoms with Crippen molar-refractivity contribution < 1.29 is 9.21 Å². The van der Waals surface area contributed by atoms with Crippen molar-refractivity contribution in [1.82, 2.24) is 20.1 Å². The molecule has 112 valence electrons. The van der Waals surface area contributed by atoms with Gasteiger partial charge in [-0.2, -0.15) is 5.10 Å². The van der Waals surface area contributed by atoms with Gasteiger partial charge >= 0.3 is 0 Å². The Kier molecular flexibility index (Phi) is 4.06. The monoisotopic (exact) mass is 360 g/mol. The van der Waals surface area contributed by atoms with Gasteiger partial charge in [-0.25, -0.2) is 0 Å². The minimum absolute atomic E-state index is 0.257. The molecule has 0 fully saturated rings. The normalized spacial score (nSPS) is 10.6. The minimum Gasteiger partial charge on any atom is -0.444 e. The molecule has 22 heavy (non-hydrogen) atoms. The van der Waals surface area contributed by atoms with E-state index in [-0.39, 0.29) is 11.7 Å². The van der Waals surface area contributed by atoms with Gasteiger partial charge in [0.1, 0.15) is 0 Å². The van der Waals surface area contributed by atoms with Crippen molar-refractivity contribution in [3.63, 3.8) is 0 Å². The number of aromatic nitrogens is 3. The summed E-state index contributed by atoms with van der Waals surface area (Å²) in [4.78, 5) is 16.2. The van der Waals surface area contributed by atoms with E-state index >= 15 is 0 Å². The third-order valence-electron chi connectivity index (χ3n) is 3.08. The number of furan rings is 1. The van der Waals surface area contributed by atoms with Gasteiger partial charge in [-0.3, -0.25) is 14.5 Å². The van der Waals surface area contributed by atoms with Crippen molar-refractivity contribution in [3.05, 3.63) is 58.7 Å². The number of hydrogen-bond acceptors (Lipinski definition) is 4. The Labute approximate surface area is 135 Å². The summed E-state index contributed by atoms with van der Waals surface area (Å²) in [5.41, 5.74) is 2.48. The second-order valence-corrected chi connectivity index (χ2v) is 5.43.